The Morgan fingerprint density at radius 2 is 1.88 bits per heavy atom. The minimum atomic E-state index is 0.237. The molecule has 1 aromatic carbocycles. The van der Waals surface area contributed by atoms with E-state index >= 15 is 0 Å². The van der Waals surface area contributed by atoms with Gasteiger partial charge >= 0.3 is 0 Å². The summed E-state index contributed by atoms with van der Waals surface area (Å²) in [6.07, 6.45) is 9.96. The summed E-state index contributed by atoms with van der Waals surface area (Å²) in [5, 5.41) is 5.60. The Morgan fingerprint density at radius 3 is 2.70 bits per heavy atom. The van der Waals surface area contributed by atoms with Crippen LogP contribution in [-0.4, -0.2) is 72.7 Å². The van der Waals surface area contributed by atoms with Crippen LogP contribution in [0, 0.1) is 6.04 Å². The predicted octanol–water partition coefficient (Wildman–Crippen LogP) is 2.75. The molecule has 6 rings (SSSR count). The average Bonchev–Trinajstić information content (AvgIpc) is 3.49. The van der Waals surface area contributed by atoms with Gasteiger partial charge < -0.3 is 9.88 Å². The standard InChI is InChI=1S/C25H26N7O/c33-23(12-18-4-2-1-3-5-18)30-10-7-20(8-11-30)31-15-21(16-31)32-14-19(13-29-32)24-22-6-9-26-25(22)28-17-27-24/h1-6,9,13-14,17,20H,7-8,10-12,15-16H2,(H,26,27,28). The fourth-order valence-corrected chi connectivity index (χ4v) is 4.91. The second-order valence-electron chi connectivity index (χ2n) is 8.88. The SMILES string of the molecule is O=C(Cc1ccccc1)N1CCC(N2C[C](n3cc(-c4ncnc5[nH]ccc45)cn3)C2)CC1. The summed E-state index contributed by atoms with van der Waals surface area (Å²) in [6.45, 7) is 3.53. The Kier molecular flexibility index (Phi) is 5.14. The van der Waals surface area contributed by atoms with Crippen LogP contribution in [0.15, 0.2) is 61.3 Å². The number of likely N-dealkylation sites (tertiary alicyclic amines) is 2. The summed E-state index contributed by atoms with van der Waals surface area (Å²) in [5.41, 5.74) is 3.82. The molecule has 1 N–H and O–H groups in total. The highest BCUT2D eigenvalue weighted by molar-refractivity contribution is 5.90. The molecule has 0 saturated carbocycles. The highest BCUT2D eigenvalue weighted by atomic mass is 16.2. The van der Waals surface area contributed by atoms with E-state index < -0.39 is 0 Å². The van der Waals surface area contributed by atoms with Crippen molar-refractivity contribution in [2.75, 3.05) is 26.2 Å². The van der Waals surface area contributed by atoms with Crippen LogP contribution in [0.3, 0.4) is 0 Å². The van der Waals surface area contributed by atoms with Crippen molar-refractivity contribution >= 4 is 16.9 Å². The number of nitrogens with zero attached hydrogens (tertiary/aromatic N) is 6. The fraction of sp³-hybridized carbons (Fsp3) is 0.320. The van der Waals surface area contributed by atoms with Gasteiger partial charge in [0, 0.05) is 55.6 Å². The lowest BCUT2D eigenvalue weighted by Crippen LogP contribution is -2.56. The van der Waals surface area contributed by atoms with E-state index in [0.29, 0.717) is 12.5 Å². The van der Waals surface area contributed by atoms with Crippen molar-refractivity contribution in [2.24, 2.45) is 0 Å². The number of fused-ring (bicyclic) bond motifs is 1. The van der Waals surface area contributed by atoms with Gasteiger partial charge in [-0.3, -0.25) is 14.4 Å². The van der Waals surface area contributed by atoms with Gasteiger partial charge in [-0.05, 0) is 24.5 Å². The van der Waals surface area contributed by atoms with Gasteiger partial charge in [-0.1, -0.05) is 30.3 Å². The summed E-state index contributed by atoms with van der Waals surface area (Å²) in [4.78, 5) is 29.0. The third kappa shape index (κ3) is 3.91. The van der Waals surface area contributed by atoms with Crippen LogP contribution < -0.4 is 0 Å². The number of hydrogen-bond acceptors (Lipinski definition) is 5. The van der Waals surface area contributed by atoms with Crippen molar-refractivity contribution in [1.82, 2.24) is 34.5 Å². The van der Waals surface area contributed by atoms with Gasteiger partial charge in [0.2, 0.25) is 5.91 Å². The molecule has 2 aliphatic heterocycles. The third-order valence-electron chi connectivity index (χ3n) is 6.84. The van der Waals surface area contributed by atoms with Crippen LogP contribution >= 0.6 is 0 Å². The molecule has 2 saturated heterocycles. The van der Waals surface area contributed by atoms with E-state index in [1.165, 1.54) is 6.04 Å². The highest BCUT2D eigenvalue weighted by Crippen LogP contribution is 2.30. The molecule has 1 amide bonds. The minimum absolute atomic E-state index is 0.237. The maximum atomic E-state index is 12.6. The zero-order valence-electron chi connectivity index (χ0n) is 18.4. The van der Waals surface area contributed by atoms with E-state index in [9.17, 15) is 4.79 Å². The minimum Gasteiger partial charge on any atom is -0.346 e. The van der Waals surface area contributed by atoms with E-state index in [0.717, 1.165) is 66.9 Å². The van der Waals surface area contributed by atoms with E-state index in [1.807, 2.05) is 58.4 Å². The van der Waals surface area contributed by atoms with E-state index in [4.69, 9.17) is 0 Å². The van der Waals surface area contributed by atoms with Crippen LogP contribution in [0.2, 0.25) is 0 Å². The fourth-order valence-electron chi connectivity index (χ4n) is 4.91. The summed E-state index contributed by atoms with van der Waals surface area (Å²) in [5.74, 6) is 0.237. The molecule has 33 heavy (non-hydrogen) atoms. The zero-order chi connectivity index (χ0) is 22.2. The number of rotatable bonds is 5. The summed E-state index contributed by atoms with van der Waals surface area (Å²) in [7, 11) is 0. The van der Waals surface area contributed by atoms with Crippen molar-refractivity contribution in [3.8, 4) is 11.3 Å². The number of carbonyl (C=O) groups is 1. The number of H-pyrrole nitrogens is 1. The quantitative estimate of drug-likeness (QED) is 0.516. The topological polar surface area (TPSA) is 82.9 Å². The summed E-state index contributed by atoms with van der Waals surface area (Å²) in [6, 6.07) is 13.8. The molecule has 3 aromatic heterocycles. The molecule has 0 spiro atoms. The molecule has 5 heterocycles. The Labute approximate surface area is 192 Å². The first-order valence-electron chi connectivity index (χ1n) is 11.5. The predicted molar refractivity (Wildman–Crippen MR) is 125 cm³/mol. The zero-order valence-corrected chi connectivity index (χ0v) is 18.4. The summed E-state index contributed by atoms with van der Waals surface area (Å²) >= 11 is 0. The largest absolute Gasteiger partial charge is 0.346 e. The Hall–Kier alpha value is -3.52. The van der Waals surface area contributed by atoms with Gasteiger partial charge in [-0.2, -0.15) is 5.10 Å². The van der Waals surface area contributed by atoms with Crippen molar-refractivity contribution < 1.29 is 4.79 Å². The Balaban J connectivity index is 1.02. The van der Waals surface area contributed by atoms with Crippen LogP contribution in [0.1, 0.15) is 18.4 Å². The first-order chi connectivity index (χ1) is 16.2. The average molecular weight is 441 g/mol. The van der Waals surface area contributed by atoms with Gasteiger partial charge in [-0.15, -0.1) is 0 Å². The molecule has 167 valence electrons. The number of benzene rings is 1. The first kappa shape index (κ1) is 20.1. The lowest BCUT2D eigenvalue weighted by atomic mass is 9.97. The lowest BCUT2D eigenvalue weighted by molar-refractivity contribution is -0.132. The monoisotopic (exact) mass is 440 g/mol. The van der Waals surface area contributed by atoms with Crippen LogP contribution in [0.5, 0.6) is 0 Å². The van der Waals surface area contributed by atoms with Crippen molar-refractivity contribution in [3.05, 3.63) is 72.9 Å². The van der Waals surface area contributed by atoms with Crippen molar-refractivity contribution in [2.45, 2.75) is 25.3 Å². The third-order valence-corrected chi connectivity index (χ3v) is 6.84. The van der Waals surface area contributed by atoms with Crippen LogP contribution in [0.4, 0.5) is 0 Å². The van der Waals surface area contributed by atoms with Gasteiger partial charge in [0.1, 0.15) is 18.0 Å². The molecule has 2 aliphatic rings. The first-order valence-corrected chi connectivity index (χ1v) is 11.5. The highest BCUT2D eigenvalue weighted by Gasteiger charge is 2.37. The van der Waals surface area contributed by atoms with Gasteiger partial charge in [0.15, 0.2) is 0 Å². The second kappa shape index (κ2) is 8.44. The number of amides is 1. The van der Waals surface area contributed by atoms with E-state index in [2.05, 4.69) is 31.1 Å². The molecule has 8 nitrogen and oxygen atoms in total. The second-order valence-corrected chi connectivity index (χ2v) is 8.88. The van der Waals surface area contributed by atoms with Gasteiger partial charge in [0.25, 0.3) is 0 Å². The van der Waals surface area contributed by atoms with E-state index in [1.54, 1.807) is 6.33 Å². The lowest BCUT2D eigenvalue weighted by Gasteiger charge is -2.46. The molecule has 0 aliphatic carbocycles. The van der Waals surface area contributed by atoms with Crippen molar-refractivity contribution in [1.29, 1.82) is 0 Å². The Morgan fingerprint density at radius 1 is 1.06 bits per heavy atom. The number of hydrogen-bond donors (Lipinski definition) is 1. The van der Waals surface area contributed by atoms with Gasteiger partial charge in [0.05, 0.1) is 18.3 Å². The molecular formula is C25H26N7O. The summed E-state index contributed by atoms with van der Waals surface area (Å²) < 4.78 is 1.99. The molecule has 0 bridgehead atoms. The number of carbonyl (C=O) groups excluding carboxylic acids is 1. The normalized spacial score (nSPS) is 18.0. The van der Waals surface area contributed by atoms with Crippen LogP contribution in [-0.2, 0) is 11.2 Å². The molecule has 0 atom stereocenters. The van der Waals surface area contributed by atoms with Gasteiger partial charge in [-0.25, -0.2) is 9.97 Å². The maximum absolute atomic E-state index is 12.6. The Bertz CT molecular complexity index is 1250. The van der Waals surface area contributed by atoms with Crippen molar-refractivity contribution in [3.63, 3.8) is 0 Å². The number of aromatic amines is 1. The smallest absolute Gasteiger partial charge is 0.226 e. The molecule has 0 unspecified atom stereocenters. The number of piperidine rings is 1. The molecule has 2 fully saturated rings. The maximum Gasteiger partial charge on any atom is 0.226 e. The molecule has 8 heteroatoms. The van der Waals surface area contributed by atoms with Crippen LogP contribution in [0.25, 0.3) is 22.3 Å². The molecular weight excluding hydrogens is 414 g/mol. The number of aromatic nitrogens is 5. The van der Waals surface area contributed by atoms with E-state index in [-0.39, 0.29) is 5.91 Å². The number of nitrogens with one attached hydrogen (secondary N) is 1. The molecule has 1 radical (unpaired) electrons. The molecule has 4 aromatic rings.